The fourth-order valence-electron chi connectivity index (χ4n) is 2.65. The van der Waals surface area contributed by atoms with E-state index in [2.05, 4.69) is 9.71 Å². The van der Waals surface area contributed by atoms with Gasteiger partial charge >= 0.3 is 12.1 Å². The smallest absolute Gasteiger partial charge is 0.417 e. The zero-order valence-corrected chi connectivity index (χ0v) is 18.6. The number of nitrogens with one attached hydrogen (secondary N) is 1. The number of benzene rings is 2. The van der Waals surface area contributed by atoms with Crippen LogP contribution >= 0.6 is 11.8 Å². The molecule has 2 aromatic carbocycles. The largest absolute Gasteiger partial charge is 0.478 e. The first-order valence-corrected chi connectivity index (χ1v) is 11.6. The van der Waals surface area contributed by atoms with E-state index in [1.165, 1.54) is 42.5 Å². The van der Waals surface area contributed by atoms with E-state index >= 15 is 0 Å². The second kappa shape index (κ2) is 9.67. The summed E-state index contributed by atoms with van der Waals surface area (Å²) >= 11 is 1.01. The number of rotatable bonds is 7. The van der Waals surface area contributed by atoms with Crippen molar-refractivity contribution in [2.75, 3.05) is 4.72 Å². The quantitative estimate of drug-likeness (QED) is 0.424. The van der Waals surface area contributed by atoms with Gasteiger partial charge in [0.25, 0.3) is 10.0 Å². The van der Waals surface area contributed by atoms with Gasteiger partial charge in [-0.1, -0.05) is 29.5 Å². The summed E-state index contributed by atoms with van der Waals surface area (Å²) in [7, 11) is -3.88. The van der Waals surface area contributed by atoms with Crippen molar-refractivity contribution in [1.29, 1.82) is 0 Å². The van der Waals surface area contributed by atoms with Crippen molar-refractivity contribution in [2.24, 2.45) is 0 Å². The molecule has 0 aliphatic heterocycles. The van der Waals surface area contributed by atoms with Crippen LogP contribution in [0.25, 0.3) is 6.08 Å². The van der Waals surface area contributed by atoms with Gasteiger partial charge in [-0.25, -0.2) is 18.2 Å². The second-order valence-corrected chi connectivity index (χ2v) is 9.57. The third kappa shape index (κ3) is 6.59. The maximum absolute atomic E-state index is 12.7. The molecule has 2 N–H and O–H groups in total. The van der Waals surface area contributed by atoms with Crippen LogP contribution in [0.2, 0.25) is 0 Å². The Labute approximate surface area is 192 Å². The number of halogens is 3. The van der Waals surface area contributed by atoms with Gasteiger partial charge in [0.15, 0.2) is 0 Å². The molecule has 0 saturated heterocycles. The van der Waals surface area contributed by atoms with Crippen molar-refractivity contribution >= 4 is 39.5 Å². The van der Waals surface area contributed by atoms with E-state index in [0.29, 0.717) is 16.7 Å². The molecule has 0 unspecified atom stereocenters. The Balaban J connectivity index is 1.90. The lowest BCUT2D eigenvalue weighted by Gasteiger charge is -2.12. The maximum Gasteiger partial charge on any atom is 0.417 e. The molecule has 0 aliphatic carbocycles. The van der Waals surface area contributed by atoms with E-state index in [-0.39, 0.29) is 15.6 Å². The highest BCUT2D eigenvalue weighted by Gasteiger charge is 2.30. The zero-order valence-electron chi connectivity index (χ0n) is 17.0. The minimum atomic E-state index is -4.51. The number of hydrogen-bond donors (Lipinski definition) is 2. The Morgan fingerprint density at radius 3 is 2.36 bits per heavy atom. The summed E-state index contributed by atoms with van der Waals surface area (Å²) in [5.74, 6) is -1.22. The van der Waals surface area contributed by atoms with Gasteiger partial charge in [-0.05, 0) is 61.0 Å². The summed E-state index contributed by atoms with van der Waals surface area (Å²) in [6, 6.07) is 12.8. The number of aryl methyl sites for hydroxylation is 1. The third-order valence-electron chi connectivity index (χ3n) is 4.28. The Morgan fingerprint density at radius 2 is 1.79 bits per heavy atom. The van der Waals surface area contributed by atoms with Crippen molar-refractivity contribution in [3.63, 3.8) is 0 Å². The molecule has 0 atom stereocenters. The molecule has 1 aromatic heterocycles. The summed E-state index contributed by atoms with van der Waals surface area (Å²) in [6.07, 6.45) is -1.67. The SMILES string of the molecule is Cc1ccc(S(=O)(=O)Nc2ccc(Sc3ccc(C(F)(F)F)cn3)c(C=CC(=O)O)c2)cc1. The summed E-state index contributed by atoms with van der Waals surface area (Å²) < 4.78 is 66.0. The first-order chi connectivity index (χ1) is 15.4. The molecule has 172 valence electrons. The van der Waals surface area contributed by atoms with E-state index in [1.807, 2.05) is 6.92 Å². The highest BCUT2D eigenvalue weighted by molar-refractivity contribution is 7.99. The van der Waals surface area contributed by atoms with Crippen LogP contribution in [0.5, 0.6) is 0 Å². The van der Waals surface area contributed by atoms with Crippen molar-refractivity contribution in [3.8, 4) is 0 Å². The Kier molecular flexibility index (Phi) is 7.13. The number of carboxylic acids is 1. The number of pyridine rings is 1. The molecule has 3 aromatic rings. The Hall–Kier alpha value is -3.31. The molecule has 11 heteroatoms. The molecule has 0 fully saturated rings. The van der Waals surface area contributed by atoms with Crippen molar-refractivity contribution < 1.29 is 31.5 Å². The van der Waals surface area contributed by atoms with Gasteiger partial charge in [0.05, 0.1) is 10.5 Å². The highest BCUT2D eigenvalue weighted by atomic mass is 32.2. The van der Waals surface area contributed by atoms with Gasteiger partial charge in [-0.3, -0.25) is 4.72 Å². The molecule has 0 radical (unpaired) electrons. The molecule has 0 aliphatic rings. The molecule has 0 spiro atoms. The molecule has 0 amide bonds. The van der Waals surface area contributed by atoms with Crippen LogP contribution in [0.15, 0.2) is 81.7 Å². The van der Waals surface area contributed by atoms with E-state index in [9.17, 15) is 26.4 Å². The summed E-state index contributed by atoms with van der Waals surface area (Å²) in [5, 5.41) is 9.22. The van der Waals surface area contributed by atoms with E-state index < -0.39 is 27.7 Å². The summed E-state index contributed by atoms with van der Waals surface area (Å²) in [4.78, 5) is 15.3. The van der Waals surface area contributed by atoms with Crippen LogP contribution in [-0.2, 0) is 21.0 Å². The lowest BCUT2D eigenvalue weighted by atomic mass is 10.2. The van der Waals surface area contributed by atoms with Crippen molar-refractivity contribution in [1.82, 2.24) is 4.98 Å². The first-order valence-electron chi connectivity index (χ1n) is 9.30. The first kappa shape index (κ1) is 24.3. The van der Waals surface area contributed by atoms with E-state index in [0.717, 1.165) is 29.5 Å². The van der Waals surface area contributed by atoms with E-state index in [1.54, 1.807) is 12.1 Å². The number of carboxylic acid groups (broad SMARTS) is 1. The van der Waals surface area contributed by atoms with Gasteiger partial charge in [0.1, 0.15) is 5.03 Å². The number of sulfonamides is 1. The lowest BCUT2D eigenvalue weighted by molar-refractivity contribution is -0.138. The Bertz CT molecular complexity index is 1290. The molecule has 0 bridgehead atoms. The van der Waals surface area contributed by atoms with Gasteiger partial charge in [0.2, 0.25) is 0 Å². The predicted molar refractivity (Wildman–Crippen MR) is 118 cm³/mol. The monoisotopic (exact) mass is 494 g/mol. The number of alkyl halides is 3. The zero-order chi connectivity index (χ0) is 24.2. The standard InChI is InChI=1S/C22H17F3N2O4S2/c1-14-2-7-18(8-3-14)33(30,31)27-17-6-9-19(15(12-17)4-11-21(28)29)32-20-10-5-16(13-26-20)22(23,24)25/h2-13,27H,1H3,(H,28,29). The van der Waals surface area contributed by atoms with Gasteiger partial charge < -0.3 is 5.11 Å². The molecular weight excluding hydrogens is 477 g/mol. The molecule has 6 nitrogen and oxygen atoms in total. The molecule has 33 heavy (non-hydrogen) atoms. The molecular formula is C22H17F3N2O4S2. The molecule has 1 heterocycles. The van der Waals surface area contributed by atoms with Crippen molar-refractivity contribution in [3.05, 3.63) is 83.6 Å². The van der Waals surface area contributed by atoms with Crippen LogP contribution in [0.4, 0.5) is 18.9 Å². The van der Waals surface area contributed by atoms with Gasteiger partial charge in [0, 0.05) is 22.9 Å². The number of carbonyl (C=O) groups is 1. The Morgan fingerprint density at radius 1 is 1.09 bits per heavy atom. The normalized spacial score (nSPS) is 12.1. The maximum atomic E-state index is 12.7. The number of anilines is 1. The minimum absolute atomic E-state index is 0.0585. The minimum Gasteiger partial charge on any atom is -0.478 e. The highest BCUT2D eigenvalue weighted by Crippen LogP contribution is 2.34. The average molecular weight is 495 g/mol. The van der Waals surface area contributed by atoms with Crippen molar-refractivity contribution in [2.45, 2.75) is 27.9 Å². The van der Waals surface area contributed by atoms with E-state index in [4.69, 9.17) is 5.11 Å². The fraction of sp³-hybridized carbons (Fsp3) is 0.0909. The molecule has 0 saturated carbocycles. The van der Waals surface area contributed by atoms with Gasteiger partial charge in [-0.15, -0.1) is 0 Å². The number of aromatic nitrogens is 1. The van der Waals surface area contributed by atoms with Crippen LogP contribution in [-0.4, -0.2) is 24.5 Å². The number of nitrogens with zero attached hydrogens (tertiary/aromatic N) is 1. The molecule has 3 rings (SSSR count). The summed E-state index contributed by atoms with van der Waals surface area (Å²) in [5.41, 5.74) is 0.533. The van der Waals surface area contributed by atoms with Crippen LogP contribution in [0.1, 0.15) is 16.7 Å². The fourth-order valence-corrected chi connectivity index (χ4v) is 4.55. The van der Waals surface area contributed by atoms with Crippen LogP contribution < -0.4 is 4.72 Å². The van der Waals surface area contributed by atoms with Gasteiger partial charge in [-0.2, -0.15) is 13.2 Å². The van der Waals surface area contributed by atoms with Crippen LogP contribution in [0.3, 0.4) is 0 Å². The number of aliphatic carboxylic acids is 1. The lowest BCUT2D eigenvalue weighted by Crippen LogP contribution is -2.13. The topological polar surface area (TPSA) is 96.4 Å². The third-order valence-corrected chi connectivity index (χ3v) is 6.72. The predicted octanol–water partition coefficient (Wildman–Crippen LogP) is 5.46. The average Bonchev–Trinajstić information content (AvgIpc) is 2.73. The summed E-state index contributed by atoms with van der Waals surface area (Å²) in [6.45, 7) is 1.83. The number of hydrogen-bond acceptors (Lipinski definition) is 5. The second-order valence-electron chi connectivity index (χ2n) is 6.83. The van der Waals surface area contributed by atoms with Crippen LogP contribution in [0, 0.1) is 6.92 Å².